The molecule has 1 aliphatic rings. The summed E-state index contributed by atoms with van der Waals surface area (Å²) in [6.45, 7) is 12.8. The summed E-state index contributed by atoms with van der Waals surface area (Å²) in [6.07, 6.45) is 7.63. The van der Waals surface area contributed by atoms with E-state index in [1.807, 2.05) is 26.0 Å². The number of methoxy groups -OCH3 is 1. The summed E-state index contributed by atoms with van der Waals surface area (Å²) in [4.78, 5) is 38.9. The lowest BCUT2D eigenvalue weighted by Gasteiger charge is -2.27. The average molecular weight is 482 g/mol. The fraction of sp³-hybridized carbons (Fsp3) is 0.333. The molecule has 0 radical (unpaired) electrons. The van der Waals surface area contributed by atoms with E-state index in [9.17, 15) is 14.4 Å². The summed E-state index contributed by atoms with van der Waals surface area (Å²) < 4.78 is 10.3. The molecule has 1 aliphatic carbocycles. The van der Waals surface area contributed by atoms with Crippen LogP contribution in [0.15, 0.2) is 55.2 Å². The van der Waals surface area contributed by atoms with Gasteiger partial charge in [0.25, 0.3) is 5.91 Å². The van der Waals surface area contributed by atoms with Crippen LogP contribution in [0.4, 0.5) is 0 Å². The number of ether oxygens (including phenoxy) is 2. The zero-order valence-electron chi connectivity index (χ0n) is 20.9. The van der Waals surface area contributed by atoms with Crippen molar-refractivity contribution in [2.45, 2.75) is 46.0 Å². The van der Waals surface area contributed by atoms with Gasteiger partial charge in [-0.3, -0.25) is 9.59 Å². The van der Waals surface area contributed by atoms with Crippen molar-refractivity contribution in [3.8, 4) is 5.88 Å². The highest BCUT2D eigenvalue weighted by Crippen LogP contribution is 2.40. The zero-order chi connectivity index (χ0) is 26.5. The lowest BCUT2D eigenvalue weighted by molar-refractivity contribution is -0.114. The SMILES string of the molecule is C=C/C=C(\C=C)C(N)=O.CC.CCOC(=O)c1cc2ccc(C3CCC3)c(C(N)=O)c2nc1OC. The zero-order valence-corrected chi connectivity index (χ0v) is 20.9. The van der Waals surface area contributed by atoms with Gasteiger partial charge in [-0.2, -0.15) is 0 Å². The summed E-state index contributed by atoms with van der Waals surface area (Å²) in [7, 11) is 1.43. The molecule has 1 aromatic carbocycles. The number of benzene rings is 1. The van der Waals surface area contributed by atoms with Crippen molar-refractivity contribution in [2.24, 2.45) is 11.5 Å². The van der Waals surface area contributed by atoms with Gasteiger partial charge in [0.15, 0.2) is 0 Å². The molecule has 0 saturated heterocycles. The number of carbonyl (C=O) groups excluding carboxylic acids is 3. The lowest BCUT2D eigenvalue weighted by Crippen LogP contribution is -2.20. The molecular formula is C27H35N3O5. The molecule has 2 aromatic rings. The summed E-state index contributed by atoms with van der Waals surface area (Å²) in [5.74, 6) is -1.03. The minimum Gasteiger partial charge on any atom is -0.480 e. The Morgan fingerprint density at radius 3 is 2.23 bits per heavy atom. The third-order valence-electron chi connectivity index (χ3n) is 5.27. The van der Waals surface area contributed by atoms with Crippen molar-refractivity contribution in [3.05, 3.63) is 71.8 Å². The largest absolute Gasteiger partial charge is 0.480 e. The van der Waals surface area contributed by atoms with Gasteiger partial charge >= 0.3 is 5.97 Å². The van der Waals surface area contributed by atoms with E-state index in [-0.39, 0.29) is 18.1 Å². The highest BCUT2D eigenvalue weighted by atomic mass is 16.5. The Bertz CT molecular complexity index is 1120. The molecule has 0 bridgehead atoms. The molecule has 1 saturated carbocycles. The molecule has 0 aliphatic heterocycles. The van der Waals surface area contributed by atoms with E-state index in [1.54, 1.807) is 13.0 Å². The Morgan fingerprint density at radius 1 is 1.17 bits per heavy atom. The number of hydrogen-bond acceptors (Lipinski definition) is 6. The first-order valence-electron chi connectivity index (χ1n) is 11.5. The van der Waals surface area contributed by atoms with Crippen molar-refractivity contribution >= 4 is 28.7 Å². The Morgan fingerprint density at radius 2 is 1.83 bits per heavy atom. The molecular weight excluding hydrogens is 446 g/mol. The molecule has 188 valence electrons. The number of aromatic nitrogens is 1. The maximum absolute atomic E-state index is 12.1. The molecule has 2 amide bonds. The van der Waals surface area contributed by atoms with Crippen LogP contribution in [-0.2, 0) is 9.53 Å². The first kappa shape index (κ1) is 29.1. The second kappa shape index (κ2) is 14.3. The Kier molecular flexibility index (Phi) is 11.9. The molecule has 35 heavy (non-hydrogen) atoms. The van der Waals surface area contributed by atoms with Crippen LogP contribution in [0.25, 0.3) is 10.9 Å². The van der Waals surface area contributed by atoms with Crippen LogP contribution in [0.5, 0.6) is 5.88 Å². The van der Waals surface area contributed by atoms with Crippen molar-refractivity contribution < 1.29 is 23.9 Å². The minimum atomic E-state index is -0.513. The van der Waals surface area contributed by atoms with Gasteiger partial charge in [0.1, 0.15) is 5.56 Å². The minimum absolute atomic E-state index is 0.134. The molecule has 0 unspecified atom stereocenters. The molecule has 8 heteroatoms. The van der Waals surface area contributed by atoms with Crippen LogP contribution >= 0.6 is 0 Å². The van der Waals surface area contributed by atoms with Crippen LogP contribution in [0, 0.1) is 0 Å². The number of pyridine rings is 1. The lowest BCUT2D eigenvalue weighted by atomic mass is 9.77. The second-order valence-corrected chi connectivity index (χ2v) is 7.29. The van der Waals surface area contributed by atoms with E-state index in [4.69, 9.17) is 20.9 Å². The first-order valence-corrected chi connectivity index (χ1v) is 11.5. The van der Waals surface area contributed by atoms with Crippen LogP contribution < -0.4 is 16.2 Å². The Labute approximate surface area is 206 Å². The number of primary amides is 2. The van der Waals surface area contributed by atoms with Gasteiger partial charge < -0.3 is 20.9 Å². The van der Waals surface area contributed by atoms with E-state index in [2.05, 4.69) is 18.1 Å². The van der Waals surface area contributed by atoms with Gasteiger partial charge in [-0.1, -0.05) is 63.8 Å². The van der Waals surface area contributed by atoms with E-state index >= 15 is 0 Å². The standard InChI is InChI=1S/C18H20N2O4.C7H9NO.C2H6/c1-3-24-18(22)13-9-11-7-8-12(10-5-4-6-10)14(16(19)21)15(11)20-17(13)23-2;1-3-5-6(4-2)7(8)9;1-2/h7-10H,3-6H2,1-2H3,(H2,19,21);3-5H,1-2H2,(H2,8,9);1-2H3/b;6-5+;. The smallest absolute Gasteiger partial charge is 0.343 e. The number of fused-ring (bicyclic) bond motifs is 1. The highest BCUT2D eigenvalue weighted by Gasteiger charge is 2.27. The van der Waals surface area contributed by atoms with Gasteiger partial charge in [0.05, 0.1) is 24.8 Å². The van der Waals surface area contributed by atoms with Crippen LogP contribution in [-0.4, -0.2) is 36.5 Å². The molecule has 1 aromatic heterocycles. The molecule has 0 atom stereocenters. The molecule has 1 fully saturated rings. The van der Waals surface area contributed by atoms with E-state index in [0.717, 1.165) is 24.8 Å². The van der Waals surface area contributed by atoms with Gasteiger partial charge in [-0.25, -0.2) is 9.78 Å². The van der Waals surface area contributed by atoms with Gasteiger partial charge in [-0.05, 0) is 37.3 Å². The van der Waals surface area contributed by atoms with E-state index in [0.29, 0.717) is 28.0 Å². The number of hydrogen-bond donors (Lipinski definition) is 2. The van der Waals surface area contributed by atoms with Crippen LogP contribution in [0.2, 0.25) is 0 Å². The fourth-order valence-electron chi connectivity index (χ4n) is 3.45. The maximum Gasteiger partial charge on any atom is 0.343 e. The highest BCUT2D eigenvalue weighted by molar-refractivity contribution is 6.08. The van der Waals surface area contributed by atoms with Crippen LogP contribution in [0.3, 0.4) is 0 Å². The van der Waals surface area contributed by atoms with Gasteiger partial charge in [-0.15, -0.1) is 0 Å². The summed E-state index contributed by atoms with van der Waals surface area (Å²) in [6, 6.07) is 5.41. The molecule has 8 nitrogen and oxygen atoms in total. The monoisotopic (exact) mass is 481 g/mol. The number of allylic oxidation sites excluding steroid dienone is 2. The number of nitrogens with two attached hydrogens (primary N) is 2. The number of esters is 1. The second-order valence-electron chi connectivity index (χ2n) is 7.29. The normalized spacial score (nSPS) is 12.6. The predicted molar refractivity (Wildman–Crippen MR) is 138 cm³/mol. The van der Waals surface area contributed by atoms with Gasteiger partial charge in [0.2, 0.25) is 11.8 Å². The number of nitrogens with zero attached hydrogens (tertiary/aromatic N) is 1. The van der Waals surface area contributed by atoms with Crippen molar-refractivity contribution in [1.82, 2.24) is 4.98 Å². The summed E-state index contributed by atoms with van der Waals surface area (Å²) >= 11 is 0. The third kappa shape index (κ3) is 7.27. The number of amides is 2. The molecule has 3 rings (SSSR count). The fourth-order valence-corrected chi connectivity index (χ4v) is 3.45. The van der Waals surface area contributed by atoms with Crippen molar-refractivity contribution in [2.75, 3.05) is 13.7 Å². The summed E-state index contributed by atoms with van der Waals surface area (Å²) in [5.41, 5.74) is 13.0. The topological polar surface area (TPSA) is 135 Å². The molecule has 4 N–H and O–H groups in total. The van der Waals surface area contributed by atoms with Crippen molar-refractivity contribution in [1.29, 1.82) is 0 Å². The van der Waals surface area contributed by atoms with Crippen LogP contribution in [0.1, 0.15) is 72.2 Å². The number of rotatable bonds is 8. The number of carbonyl (C=O) groups is 3. The van der Waals surface area contributed by atoms with E-state index in [1.165, 1.54) is 25.3 Å². The maximum atomic E-state index is 12.1. The van der Waals surface area contributed by atoms with E-state index < -0.39 is 17.8 Å². The molecule has 1 heterocycles. The molecule has 0 spiro atoms. The predicted octanol–water partition coefficient (Wildman–Crippen LogP) is 4.58. The average Bonchev–Trinajstić information content (AvgIpc) is 2.81. The van der Waals surface area contributed by atoms with Crippen molar-refractivity contribution in [3.63, 3.8) is 0 Å². The Balaban J connectivity index is 0.000000473. The third-order valence-corrected chi connectivity index (χ3v) is 5.27. The summed E-state index contributed by atoms with van der Waals surface area (Å²) in [5, 5.41) is 0.663. The first-order chi connectivity index (χ1) is 16.8. The quantitative estimate of drug-likeness (QED) is 0.322. The Hall–Kier alpha value is -3.94. The van der Waals surface area contributed by atoms with Gasteiger partial charge in [0, 0.05) is 11.0 Å².